The van der Waals surface area contributed by atoms with E-state index in [1.165, 1.54) is 16.2 Å². The van der Waals surface area contributed by atoms with E-state index in [-0.39, 0.29) is 13.9 Å². The van der Waals surface area contributed by atoms with Gasteiger partial charge in [0.15, 0.2) is 0 Å². The summed E-state index contributed by atoms with van der Waals surface area (Å²) in [5, 5.41) is 2.74. The number of hydrogen-bond donors (Lipinski definition) is 0. The van der Waals surface area contributed by atoms with Gasteiger partial charge in [0.1, 0.15) is 0 Å². The molecule has 0 saturated carbocycles. The Bertz CT molecular complexity index is 372. The first-order valence-corrected chi connectivity index (χ1v) is 10.1. The van der Waals surface area contributed by atoms with E-state index >= 15 is 0 Å². The van der Waals surface area contributed by atoms with Crippen LogP contribution in [0.2, 0.25) is 11.1 Å². The van der Waals surface area contributed by atoms with Gasteiger partial charge >= 0.3 is 73.2 Å². The molecule has 1 rings (SSSR count). The molecule has 0 aliphatic rings. The van der Waals surface area contributed by atoms with E-state index in [0.29, 0.717) is 0 Å². The summed E-state index contributed by atoms with van der Waals surface area (Å²) in [6.45, 7) is 2.30. The van der Waals surface area contributed by atoms with E-state index in [0.717, 1.165) is 0 Å². The van der Waals surface area contributed by atoms with Gasteiger partial charge in [-0.3, -0.25) is 0 Å². The molecule has 92 valence electrons. The summed E-state index contributed by atoms with van der Waals surface area (Å²) < 4.78 is 35.3. The Labute approximate surface area is 101 Å². The molecule has 0 spiro atoms. The van der Waals surface area contributed by atoms with Crippen molar-refractivity contribution in [2.75, 3.05) is 0 Å². The zero-order chi connectivity index (χ0) is 12.6. The second-order valence-electron chi connectivity index (χ2n) is 3.09. The third-order valence-electron chi connectivity index (χ3n) is 1.75. The topological polar surface area (TPSA) is 57.2 Å². The Morgan fingerprint density at radius 1 is 1.31 bits per heavy atom. The van der Waals surface area contributed by atoms with Gasteiger partial charge in [-0.2, -0.15) is 0 Å². The molecule has 1 unspecified atom stereocenters. The Morgan fingerprint density at radius 2 is 1.75 bits per heavy atom. The maximum atomic E-state index is 10.1. The Morgan fingerprint density at radius 3 is 2.12 bits per heavy atom. The third-order valence-corrected chi connectivity index (χ3v) is 5.55. The molecule has 16 heavy (non-hydrogen) atoms. The third kappa shape index (κ3) is 11.7. The molecule has 1 aromatic rings. The second-order valence-corrected chi connectivity index (χ2v) is 8.98. The normalized spacial score (nSPS) is 12.5. The van der Waals surface area contributed by atoms with Crippen molar-refractivity contribution in [3.63, 3.8) is 0 Å². The van der Waals surface area contributed by atoms with Gasteiger partial charge in [0.2, 0.25) is 0 Å². The SMILES string of the molecule is CC[Se+](C)Cc1ccccc1.O=S(=O)([O-])F. The molecule has 0 aromatic heterocycles. The summed E-state index contributed by atoms with van der Waals surface area (Å²) in [6.07, 6.45) is 0. The predicted molar refractivity (Wildman–Crippen MR) is 63.1 cm³/mol. The van der Waals surface area contributed by atoms with Crippen LogP contribution in [0.4, 0.5) is 3.89 Å². The minimum absolute atomic E-state index is 0.285. The minimum atomic E-state index is -5.42. The quantitative estimate of drug-likeness (QED) is 0.489. The maximum absolute atomic E-state index is 10.1. The van der Waals surface area contributed by atoms with Crippen molar-refractivity contribution in [2.45, 2.75) is 23.4 Å². The van der Waals surface area contributed by atoms with E-state index < -0.39 is 10.5 Å². The standard InChI is InChI=1S/C10H15Se.FHO3S/c1-3-11(2)9-10-7-5-4-6-8-10;1-5(2,3)4/h4-8H,3,9H2,1-2H3;(H,2,3,4)/q+1;/p-1. The van der Waals surface area contributed by atoms with Crippen molar-refractivity contribution in [3.05, 3.63) is 35.9 Å². The first kappa shape index (κ1) is 15.6. The van der Waals surface area contributed by atoms with Gasteiger partial charge < -0.3 is 4.55 Å². The summed E-state index contributed by atoms with van der Waals surface area (Å²) in [4.78, 5) is 0. The number of benzene rings is 1. The summed E-state index contributed by atoms with van der Waals surface area (Å²) in [5.41, 5.74) is 1.52. The van der Waals surface area contributed by atoms with Crippen LogP contribution in [0.15, 0.2) is 30.3 Å². The van der Waals surface area contributed by atoms with Crippen molar-refractivity contribution in [1.29, 1.82) is 0 Å². The molecule has 3 nitrogen and oxygen atoms in total. The van der Waals surface area contributed by atoms with Gasteiger partial charge in [0.25, 0.3) is 10.5 Å². The summed E-state index contributed by atoms with van der Waals surface area (Å²) in [5.74, 6) is 2.42. The average molecular weight is 313 g/mol. The zero-order valence-electron chi connectivity index (χ0n) is 9.22. The molecular formula is C10H15FO3SSe. The van der Waals surface area contributed by atoms with Crippen molar-refractivity contribution < 1.29 is 16.9 Å². The molecule has 0 aliphatic heterocycles. The van der Waals surface area contributed by atoms with Gasteiger partial charge in [0, 0.05) is 0 Å². The van der Waals surface area contributed by atoms with E-state index in [4.69, 9.17) is 13.0 Å². The molecule has 1 aromatic carbocycles. The molecule has 0 N–H and O–H groups in total. The van der Waals surface area contributed by atoms with Gasteiger partial charge in [-0.15, -0.1) is 3.89 Å². The first-order chi connectivity index (χ1) is 7.33. The smallest absolute Gasteiger partial charge is 0.255 e. The van der Waals surface area contributed by atoms with Crippen LogP contribution in [0, 0.1) is 0 Å². The molecule has 0 fully saturated rings. The van der Waals surface area contributed by atoms with E-state index in [9.17, 15) is 3.89 Å². The van der Waals surface area contributed by atoms with Crippen molar-refractivity contribution in [1.82, 2.24) is 0 Å². The van der Waals surface area contributed by atoms with Crippen LogP contribution in [0.3, 0.4) is 0 Å². The molecule has 0 radical (unpaired) electrons. The van der Waals surface area contributed by atoms with E-state index in [2.05, 4.69) is 43.1 Å². The van der Waals surface area contributed by atoms with Crippen LogP contribution in [0.5, 0.6) is 0 Å². The van der Waals surface area contributed by atoms with Crippen LogP contribution >= 0.6 is 0 Å². The zero-order valence-corrected chi connectivity index (χ0v) is 11.7. The Kier molecular flexibility index (Phi) is 7.58. The Balaban J connectivity index is 0.000000385. The van der Waals surface area contributed by atoms with Crippen LogP contribution in [0.25, 0.3) is 0 Å². The fourth-order valence-corrected chi connectivity index (χ4v) is 2.99. The number of hydrogen-bond acceptors (Lipinski definition) is 3. The van der Waals surface area contributed by atoms with Crippen LogP contribution in [-0.2, 0) is 15.8 Å². The predicted octanol–water partition coefficient (Wildman–Crippen LogP) is 2.33. The van der Waals surface area contributed by atoms with E-state index in [1.54, 1.807) is 0 Å². The van der Waals surface area contributed by atoms with Crippen molar-refractivity contribution in [2.24, 2.45) is 0 Å². The summed E-state index contributed by atoms with van der Waals surface area (Å²) in [7, 11) is -5.42. The molecule has 6 heteroatoms. The average Bonchev–Trinajstić information content (AvgIpc) is 2.16. The van der Waals surface area contributed by atoms with Gasteiger partial charge in [-0.05, 0) is 0 Å². The monoisotopic (exact) mass is 314 g/mol. The molecule has 0 aliphatic carbocycles. The molecular weight excluding hydrogens is 298 g/mol. The molecule has 0 heterocycles. The van der Waals surface area contributed by atoms with Crippen LogP contribution in [-0.4, -0.2) is 26.9 Å². The molecule has 0 amide bonds. The second kappa shape index (κ2) is 7.79. The number of halogens is 1. The fraction of sp³-hybridized carbons (Fsp3) is 0.400. The van der Waals surface area contributed by atoms with Crippen molar-refractivity contribution in [3.8, 4) is 0 Å². The molecule has 0 bridgehead atoms. The van der Waals surface area contributed by atoms with E-state index in [1.807, 2.05) is 0 Å². The Hall–Kier alpha value is -0.421. The molecule has 0 saturated heterocycles. The number of rotatable bonds is 3. The summed E-state index contributed by atoms with van der Waals surface area (Å²) in [6, 6.07) is 10.8. The van der Waals surface area contributed by atoms with Gasteiger partial charge in [-0.1, -0.05) is 0 Å². The minimum Gasteiger partial charge on any atom is -0.722 e. The largest absolute Gasteiger partial charge is 0.722 e. The van der Waals surface area contributed by atoms with Gasteiger partial charge in [0.05, 0.1) is 0 Å². The van der Waals surface area contributed by atoms with Gasteiger partial charge in [-0.25, -0.2) is 8.42 Å². The first-order valence-electron chi connectivity index (χ1n) is 4.61. The molecule has 1 atom stereocenters. The summed E-state index contributed by atoms with van der Waals surface area (Å²) >= 11 is -0.285. The van der Waals surface area contributed by atoms with Crippen LogP contribution < -0.4 is 0 Å². The fourth-order valence-electron chi connectivity index (χ4n) is 0.961. The van der Waals surface area contributed by atoms with Crippen molar-refractivity contribution >= 4 is 24.4 Å². The maximum Gasteiger partial charge on any atom is 0.255 e. The van der Waals surface area contributed by atoms with Crippen LogP contribution in [0.1, 0.15) is 12.5 Å².